The smallest absolute Gasteiger partial charge is 0.193 e. The zero-order chi connectivity index (χ0) is 22.7. The summed E-state index contributed by atoms with van der Waals surface area (Å²) in [6, 6.07) is 16.3. The van der Waals surface area contributed by atoms with Crippen LogP contribution in [0.5, 0.6) is 17.2 Å². The Hall–Kier alpha value is -4.06. The summed E-state index contributed by atoms with van der Waals surface area (Å²) >= 11 is 0. The van der Waals surface area contributed by atoms with Crippen LogP contribution >= 0.6 is 0 Å². The molecule has 1 aromatic heterocycles. The molecule has 0 bridgehead atoms. The Labute approximate surface area is 184 Å². The second-order valence-corrected chi connectivity index (χ2v) is 7.02. The van der Waals surface area contributed by atoms with Crippen molar-refractivity contribution >= 4 is 23.1 Å². The first-order chi connectivity index (χ1) is 15.5. The summed E-state index contributed by atoms with van der Waals surface area (Å²) < 4.78 is 35.9. The Balaban J connectivity index is 1.90. The van der Waals surface area contributed by atoms with Gasteiger partial charge in [-0.3, -0.25) is 4.79 Å². The number of hydrogen-bond acceptors (Lipinski definition) is 5. The Morgan fingerprint density at radius 3 is 2.25 bits per heavy atom. The first-order valence-corrected chi connectivity index (χ1v) is 9.84. The molecule has 0 saturated heterocycles. The lowest BCUT2D eigenvalue weighted by Crippen LogP contribution is -2.02. The van der Waals surface area contributed by atoms with Crippen molar-refractivity contribution in [2.45, 2.75) is 0 Å². The van der Waals surface area contributed by atoms with E-state index in [0.29, 0.717) is 28.0 Å². The first kappa shape index (κ1) is 21.2. The van der Waals surface area contributed by atoms with Crippen molar-refractivity contribution < 1.29 is 23.0 Å². The molecule has 0 aliphatic heterocycles. The van der Waals surface area contributed by atoms with Crippen LogP contribution in [0.25, 0.3) is 34.4 Å². The van der Waals surface area contributed by atoms with Gasteiger partial charge in [0, 0.05) is 18.2 Å². The lowest BCUT2D eigenvalue weighted by molar-refractivity contribution is 0.394. The second-order valence-electron chi connectivity index (χ2n) is 7.02. The quantitative estimate of drug-likeness (QED) is 0.361. The Morgan fingerprint density at radius 2 is 1.56 bits per heavy atom. The van der Waals surface area contributed by atoms with Gasteiger partial charge in [0.25, 0.3) is 0 Å². The summed E-state index contributed by atoms with van der Waals surface area (Å²) in [5, 5.41) is 0.304. The fourth-order valence-corrected chi connectivity index (χ4v) is 3.44. The summed E-state index contributed by atoms with van der Waals surface area (Å²) in [4.78, 5) is 12.7. The van der Waals surface area contributed by atoms with Crippen molar-refractivity contribution in [1.82, 2.24) is 0 Å². The average molecular weight is 432 g/mol. The predicted octanol–water partition coefficient (Wildman–Crippen LogP) is 5.80. The molecule has 0 aliphatic rings. The van der Waals surface area contributed by atoms with Gasteiger partial charge in [0.05, 0.1) is 32.3 Å². The lowest BCUT2D eigenvalue weighted by Gasteiger charge is -2.14. The van der Waals surface area contributed by atoms with E-state index in [4.69, 9.17) is 18.6 Å². The number of fused-ring (bicyclic) bond motifs is 1. The van der Waals surface area contributed by atoms with Gasteiger partial charge < -0.3 is 18.6 Å². The van der Waals surface area contributed by atoms with Crippen molar-refractivity contribution in [2.24, 2.45) is 0 Å². The molecule has 0 aliphatic carbocycles. The maximum atomic E-state index is 13.8. The summed E-state index contributed by atoms with van der Waals surface area (Å²) in [6.45, 7) is 0. The highest BCUT2D eigenvalue weighted by Gasteiger charge is 2.17. The average Bonchev–Trinajstić information content (AvgIpc) is 2.81. The van der Waals surface area contributed by atoms with Crippen molar-refractivity contribution in [3.63, 3.8) is 0 Å². The molecule has 0 fully saturated rings. The highest BCUT2D eigenvalue weighted by molar-refractivity contribution is 5.86. The molecule has 3 aromatic carbocycles. The van der Waals surface area contributed by atoms with Crippen molar-refractivity contribution in [3.8, 4) is 28.6 Å². The largest absolute Gasteiger partial charge is 0.497 e. The van der Waals surface area contributed by atoms with Crippen LogP contribution in [0.4, 0.5) is 4.39 Å². The molecule has 0 saturated carbocycles. The van der Waals surface area contributed by atoms with Gasteiger partial charge in [-0.25, -0.2) is 4.39 Å². The standard InChI is InChI=1S/C26H21FO5/c1-29-19-9-5-16(6-10-19)4-7-17-12-20(30-2)14-24(31-3)26(17)25-15-22(28)21-11-8-18(27)13-23(21)32-25/h4-15H,1-3H3/b7-4+. The topological polar surface area (TPSA) is 57.9 Å². The normalized spacial score (nSPS) is 11.1. The van der Waals surface area contributed by atoms with E-state index in [-0.39, 0.29) is 16.8 Å². The number of ether oxygens (including phenoxy) is 3. The molecule has 4 rings (SSSR count). The van der Waals surface area contributed by atoms with Gasteiger partial charge in [-0.05, 0) is 41.5 Å². The molecule has 32 heavy (non-hydrogen) atoms. The fraction of sp³-hybridized carbons (Fsp3) is 0.115. The van der Waals surface area contributed by atoms with Crippen LogP contribution in [0.15, 0.2) is 69.9 Å². The minimum atomic E-state index is -0.487. The second kappa shape index (κ2) is 8.98. The Kier molecular flexibility index (Phi) is 5.94. The molecule has 0 atom stereocenters. The molecule has 0 amide bonds. The molecule has 4 aromatic rings. The SMILES string of the molecule is COc1ccc(/C=C/c2cc(OC)cc(OC)c2-c2cc(=O)c3ccc(F)cc3o2)cc1. The van der Waals surface area contributed by atoms with Crippen LogP contribution in [0.2, 0.25) is 0 Å². The number of methoxy groups -OCH3 is 3. The minimum absolute atomic E-state index is 0.162. The molecule has 0 spiro atoms. The van der Waals surface area contributed by atoms with E-state index in [0.717, 1.165) is 11.3 Å². The highest BCUT2D eigenvalue weighted by atomic mass is 19.1. The van der Waals surface area contributed by atoms with Crippen LogP contribution in [-0.2, 0) is 0 Å². The van der Waals surface area contributed by atoms with E-state index in [2.05, 4.69) is 0 Å². The van der Waals surface area contributed by atoms with E-state index in [1.165, 1.54) is 31.4 Å². The molecule has 0 N–H and O–H groups in total. The van der Waals surface area contributed by atoms with Gasteiger partial charge in [-0.2, -0.15) is 0 Å². The molecular weight excluding hydrogens is 411 g/mol. The summed E-state index contributed by atoms with van der Waals surface area (Å²) in [5.41, 5.74) is 2.09. The maximum Gasteiger partial charge on any atom is 0.193 e. The van der Waals surface area contributed by atoms with Gasteiger partial charge in [-0.1, -0.05) is 24.3 Å². The summed E-state index contributed by atoms with van der Waals surface area (Å²) in [5.74, 6) is 1.57. The maximum absolute atomic E-state index is 13.8. The van der Waals surface area contributed by atoms with Crippen LogP contribution in [-0.4, -0.2) is 21.3 Å². The third-order valence-electron chi connectivity index (χ3n) is 5.07. The van der Waals surface area contributed by atoms with E-state index >= 15 is 0 Å². The molecule has 0 radical (unpaired) electrons. The molecule has 162 valence electrons. The van der Waals surface area contributed by atoms with Gasteiger partial charge in [0.15, 0.2) is 5.43 Å². The van der Waals surface area contributed by atoms with Crippen LogP contribution < -0.4 is 19.6 Å². The van der Waals surface area contributed by atoms with E-state index in [1.807, 2.05) is 42.5 Å². The monoisotopic (exact) mass is 432 g/mol. The zero-order valence-corrected chi connectivity index (χ0v) is 17.8. The first-order valence-electron chi connectivity index (χ1n) is 9.84. The summed E-state index contributed by atoms with van der Waals surface area (Å²) in [6.07, 6.45) is 3.79. The lowest BCUT2D eigenvalue weighted by atomic mass is 10.0. The van der Waals surface area contributed by atoms with Gasteiger partial charge in [0.1, 0.15) is 34.4 Å². The highest BCUT2D eigenvalue weighted by Crippen LogP contribution is 2.38. The predicted molar refractivity (Wildman–Crippen MR) is 123 cm³/mol. The number of hydrogen-bond donors (Lipinski definition) is 0. The fourth-order valence-electron chi connectivity index (χ4n) is 3.44. The van der Waals surface area contributed by atoms with Crippen LogP contribution in [0.3, 0.4) is 0 Å². The number of rotatable bonds is 6. The third kappa shape index (κ3) is 4.21. The number of benzene rings is 3. The molecule has 1 heterocycles. The van der Waals surface area contributed by atoms with Crippen molar-refractivity contribution in [1.29, 1.82) is 0 Å². The van der Waals surface area contributed by atoms with Gasteiger partial charge in [-0.15, -0.1) is 0 Å². The zero-order valence-electron chi connectivity index (χ0n) is 17.8. The van der Waals surface area contributed by atoms with Crippen LogP contribution in [0, 0.1) is 5.82 Å². The minimum Gasteiger partial charge on any atom is -0.497 e. The molecule has 5 nitrogen and oxygen atoms in total. The summed E-state index contributed by atoms with van der Waals surface area (Å²) in [7, 11) is 4.70. The van der Waals surface area contributed by atoms with Gasteiger partial charge >= 0.3 is 0 Å². The van der Waals surface area contributed by atoms with E-state index in [9.17, 15) is 9.18 Å². The van der Waals surface area contributed by atoms with Gasteiger partial charge in [0.2, 0.25) is 0 Å². The van der Waals surface area contributed by atoms with Crippen LogP contribution in [0.1, 0.15) is 11.1 Å². The van der Waals surface area contributed by atoms with E-state index < -0.39 is 5.82 Å². The molecule has 6 heteroatoms. The number of halogens is 1. The Morgan fingerprint density at radius 1 is 0.812 bits per heavy atom. The molecular formula is C26H21FO5. The van der Waals surface area contributed by atoms with Crippen molar-refractivity contribution in [2.75, 3.05) is 21.3 Å². The molecule has 0 unspecified atom stereocenters. The Bertz CT molecular complexity index is 1350. The van der Waals surface area contributed by atoms with Crippen molar-refractivity contribution in [3.05, 3.63) is 87.8 Å². The third-order valence-corrected chi connectivity index (χ3v) is 5.07. The van der Waals surface area contributed by atoms with E-state index in [1.54, 1.807) is 20.3 Å².